The highest BCUT2D eigenvalue weighted by molar-refractivity contribution is 6.63. The lowest BCUT2D eigenvalue weighted by molar-refractivity contribution is 0.431. The molecule has 2 aromatic carbocycles. The van der Waals surface area contributed by atoms with E-state index in [0.29, 0.717) is 11.5 Å². The van der Waals surface area contributed by atoms with Crippen molar-refractivity contribution >= 4 is 23.4 Å². The highest BCUT2D eigenvalue weighted by Crippen LogP contribution is 2.23. The number of fused-ring (bicyclic) bond motifs is 1. The van der Waals surface area contributed by atoms with Crippen molar-refractivity contribution in [1.82, 2.24) is 0 Å². The van der Waals surface area contributed by atoms with Crippen molar-refractivity contribution in [3.8, 4) is 5.75 Å². The van der Waals surface area contributed by atoms with Gasteiger partial charge in [-0.2, -0.15) is 0 Å². The molecule has 18 heavy (non-hydrogen) atoms. The first-order chi connectivity index (χ1) is 8.63. The summed E-state index contributed by atoms with van der Waals surface area (Å²) < 4.78 is 10.9. The third-order valence-corrected chi connectivity index (χ3v) is 2.93. The first-order valence-corrected chi connectivity index (χ1v) is 5.58. The van der Waals surface area contributed by atoms with Gasteiger partial charge in [0.1, 0.15) is 17.3 Å². The third kappa shape index (κ3) is 1.72. The number of benzene rings is 2. The minimum Gasteiger partial charge on any atom is -0.520 e. The summed E-state index contributed by atoms with van der Waals surface area (Å²) in [7, 11) is -0.483. The lowest BCUT2D eigenvalue weighted by Gasteiger charge is -2.06. The minimum absolute atomic E-state index is 0.255. The van der Waals surface area contributed by atoms with Gasteiger partial charge in [0.15, 0.2) is 0 Å². The zero-order valence-electron chi connectivity index (χ0n) is 9.72. The normalized spacial score (nSPS) is 14.8. The molecule has 2 aromatic rings. The van der Waals surface area contributed by atoms with Gasteiger partial charge < -0.3 is 14.4 Å². The van der Waals surface area contributed by atoms with Gasteiger partial charge in [0.2, 0.25) is 0 Å². The second kappa shape index (κ2) is 3.84. The van der Waals surface area contributed by atoms with Crippen LogP contribution in [0.4, 0.5) is 0 Å². The van der Waals surface area contributed by atoms with Crippen LogP contribution in [0.15, 0.2) is 61.1 Å². The van der Waals surface area contributed by atoms with Gasteiger partial charge in [-0.05, 0) is 22.9 Å². The van der Waals surface area contributed by atoms with Crippen molar-refractivity contribution in [2.75, 3.05) is 0 Å². The average Bonchev–Trinajstić information content (AvgIpc) is 2.69. The number of hydrogen-bond acceptors (Lipinski definition) is 3. The van der Waals surface area contributed by atoms with Crippen molar-refractivity contribution in [3.63, 3.8) is 0 Å². The maximum Gasteiger partial charge on any atom is 0.632 e. The van der Waals surface area contributed by atoms with E-state index in [1.54, 1.807) is 12.1 Å². The van der Waals surface area contributed by atoms with E-state index in [2.05, 4.69) is 13.2 Å². The molecule has 0 radical (unpaired) electrons. The zero-order valence-corrected chi connectivity index (χ0v) is 9.72. The van der Waals surface area contributed by atoms with Crippen LogP contribution in [-0.4, -0.2) is 12.2 Å². The molecule has 0 bridgehead atoms. The summed E-state index contributed by atoms with van der Waals surface area (Å²) in [5.74, 6) is 1.18. The maximum absolute atomic E-state index is 9.41. The molecular weight excluding hydrogens is 227 g/mol. The quantitative estimate of drug-likeness (QED) is 0.774. The maximum atomic E-state index is 9.41. The van der Waals surface area contributed by atoms with Crippen LogP contribution in [0, 0.1) is 0 Å². The van der Waals surface area contributed by atoms with Gasteiger partial charge in [-0.1, -0.05) is 37.4 Å². The second-order valence-electron chi connectivity index (χ2n) is 4.20. The van der Waals surface area contributed by atoms with Crippen LogP contribution >= 0.6 is 0 Å². The van der Waals surface area contributed by atoms with Gasteiger partial charge in [0, 0.05) is 5.46 Å². The van der Waals surface area contributed by atoms with E-state index in [4.69, 9.17) is 9.31 Å². The fourth-order valence-corrected chi connectivity index (χ4v) is 1.95. The predicted octanol–water partition coefficient (Wildman–Crippen LogP) is 2.31. The summed E-state index contributed by atoms with van der Waals surface area (Å²) in [6, 6.07) is 11.0. The van der Waals surface area contributed by atoms with Crippen molar-refractivity contribution in [3.05, 3.63) is 61.1 Å². The van der Waals surface area contributed by atoms with Crippen LogP contribution < -0.4 is 5.46 Å². The van der Waals surface area contributed by atoms with E-state index >= 15 is 0 Å². The van der Waals surface area contributed by atoms with Crippen LogP contribution in [0.5, 0.6) is 5.75 Å². The van der Waals surface area contributed by atoms with Crippen molar-refractivity contribution in [2.45, 2.75) is 0 Å². The first-order valence-electron chi connectivity index (χ1n) is 5.58. The molecule has 0 atom stereocenters. The van der Waals surface area contributed by atoms with Gasteiger partial charge in [0.05, 0.1) is 0 Å². The Morgan fingerprint density at radius 2 is 1.50 bits per heavy atom. The average molecular weight is 238 g/mol. The Hall–Kier alpha value is -2.36. The number of rotatable bonds is 1. The summed E-state index contributed by atoms with van der Waals surface area (Å²) >= 11 is 0. The van der Waals surface area contributed by atoms with Crippen LogP contribution in [0.2, 0.25) is 0 Å². The molecule has 3 rings (SSSR count). The minimum atomic E-state index is -0.483. The topological polar surface area (TPSA) is 38.7 Å². The highest BCUT2D eigenvalue weighted by atomic mass is 16.6. The van der Waals surface area contributed by atoms with Crippen molar-refractivity contribution in [2.24, 2.45) is 0 Å². The number of aromatic hydroxyl groups is 1. The van der Waals surface area contributed by atoms with Gasteiger partial charge in [-0.3, -0.25) is 0 Å². The smallest absolute Gasteiger partial charge is 0.520 e. The third-order valence-electron chi connectivity index (χ3n) is 2.93. The van der Waals surface area contributed by atoms with Crippen LogP contribution in [0.1, 0.15) is 0 Å². The predicted molar refractivity (Wildman–Crippen MR) is 71.5 cm³/mol. The molecule has 1 saturated heterocycles. The molecule has 0 saturated carbocycles. The van der Waals surface area contributed by atoms with Crippen molar-refractivity contribution < 1.29 is 14.4 Å². The Morgan fingerprint density at radius 3 is 2.22 bits per heavy atom. The Bertz CT molecular complexity index is 647. The molecule has 1 fully saturated rings. The molecule has 88 valence electrons. The molecule has 0 aromatic heterocycles. The van der Waals surface area contributed by atoms with Gasteiger partial charge in [0.25, 0.3) is 0 Å². The van der Waals surface area contributed by atoms with Crippen molar-refractivity contribution in [1.29, 1.82) is 0 Å². The summed E-state index contributed by atoms with van der Waals surface area (Å²) in [5.41, 5.74) is 0.896. The molecule has 0 spiro atoms. The van der Waals surface area contributed by atoms with Crippen LogP contribution in [0.25, 0.3) is 10.8 Å². The molecule has 0 unspecified atom stereocenters. The molecule has 0 aliphatic carbocycles. The Balaban J connectivity index is 2.01. The summed E-state index contributed by atoms with van der Waals surface area (Å²) in [4.78, 5) is 0. The van der Waals surface area contributed by atoms with E-state index in [1.165, 1.54) is 0 Å². The fraction of sp³-hybridized carbons (Fsp3) is 0. The highest BCUT2D eigenvalue weighted by Gasteiger charge is 2.34. The van der Waals surface area contributed by atoms with E-state index in [9.17, 15) is 5.11 Å². The summed E-state index contributed by atoms with van der Waals surface area (Å²) in [5, 5.41) is 11.4. The molecule has 1 N–H and O–H groups in total. The van der Waals surface area contributed by atoms with E-state index in [0.717, 1.165) is 16.2 Å². The van der Waals surface area contributed by atoms with Gasteiger partial charge >= 0.3 is 7.12 Å². The summed E-state index contributed by atoms with van der Waals surface area (Å²) in [6.07, 6.45) is 0. The monoisotopic (exact) mass is 238 g/mol. The standard InChI is InChI=1S/C14H11BO3/c1-9-10(2)18-15(17-9)13-5-3-12-8-14(16)6-4-11(12)7-13/h3-8,16H,1-2H2. The molecule has 4 heteroatoms. The van der Waals surface area contributed by atoms with Gasteiger partial charge in [-0.15, -0.1) is 0 Å². The van der Waals surface area contributed by atoms with E-state index in [-0.39, 0.29) is 5.75 Å². The number of phenolic OH excluding ortho intramolecular Hbond substituents is 1. The first kappa shape index (κ1) is 10.8. The Kier molecular flexibility index (Phi) is 2.30. The molecule has 1 aliphatic rings. The van der Waals surface area contributed by atoms with Gasteiger partial charge in [-0.25, -0.2) is 0 Å². The fourth-order valence-electron chi connectivity index (χ4n) is 1.95. The largest absolute Gasteiger partial charge is 0.632 e. The van der Waals surface area contributed by atoms with E-state index in [1.807, 2.05) is 24.3 Å². The Morgan fingerprint density at radius 1 is 0.889 bits per heavy atom. The lowest BCUT2D eigenvalue weighted by atomic mass is 9.78. The van der Waals surface area contributed by atoms with E-state index < -0.39 is 7.12 Å². The second-order valence-corrected chi connectivity index (χ2v) is 4.20. The molecule has 0 amide bonds. The van der Waals surface area contributed by atoms with Crippen LogP contribution in [-0.2, 0) is 9.31 Å². The molecule has 3 nitrogen and oxygen atoms in total. The number of hydrogen-bond donors (Lipinski definition) is 1. The summed E-state index contributed by atoms with van der Waals surface area (Å²) in [6.45, 7) is 7.41. The van der Waals surface area contributed by atoms with Crippen LogP contribution in [0.3, 0.4) is 0 Å². The molecule has 1 aliphatic heterocycles. The SMILES string of the molecule is C=C1OB(c2ccc3cc(O)ccc3c2)OC1=C. The molecule has 1 heterocycles. The Labute approximate surface area is 105 Å². The lowest BCUT2D eigenvalue weighted by Crippen LogP contribution is -2.31. The number of phenols is 1. The molecular formula is C14H11BO3. The zero-order chi connectivity index (χ0) is 12.7.